The molecule has 0 heterocycles. The molecule has 1 unspecified atom stereocenters. The van der Waals surface area contributed by atoms with Crippen molar-refractivity contribution in [2.75, 3.05) is 0 Å². The second-order valence-electron chi connectivity index (χ2n) is 3.20. The van der Waals surface area contributed by atoms with E-state index in [1.165, 1.54) is 18.2 Å². The number of nitro benzene ring substituents is 1. The van der Waals surface area contributed by atoms with Crippen LogP contribution in [0.1, 0.15) is 2.85 Å². The maximum absolute atomic E-state index is 10.8. The summed E-state index contributed by atoms with van der Waals surface area (Å²) in [5.41, 5.74) is -0.0929. The van der Waals surface area contributed by atoms with Gasteiger partial charge in [0.2, 0.25) is 0 Å². The number of nitrogens with zero attached hydrogens (tertiary/aromatic N) is 1. The molecule has 2 aromatic rings. The van der Waals surface area contributed by atoms with E-state index >= 15 is 0 Å². The molecule has 2 rings (SSSR count). The van der Waals surface area contributed by atoms with Gasteiger partial charge >= 0.3 is 23.1 Å². The number of non-ortho nitro benzene ring substituents is 1. The summed E-state index contributed by atoms with van der Waals surface area (Å²) in [5, 5.41) is 11.8. The van der Waals surface area contributed by atoms with Crippen LogP contribution >= 0.6 is 0 Å². The van der Waals surface area contributed by atoms with Crippen molar-refractivity contribution < 1.29 is 20.7 Å². The van der Waals surface area contributed by atoms with Crippen molar-refractivity contribution in [3.05, 3.63) is 46.5 Å². The molecule has 1 atom stereocenters. The largest absolute Gasteiger partial charge is 2.00 e. The summed E-state index contributed by atoms with van der Waals surface area (Å²) in [4.78, 5) is 10.3. The van der Waals surface area contributed by atoms with Crippen molar-refractivity contribution in [3.8, 4) is 5.75 Å². The molecular formula is C10H8MgNO5S-. The van der Waals surface area contributed by atoms with Crippen LogP contribution in [0.4, 0.5) is 5.69 Å². The predicted molar refractivity (Wildman–Crippen MR) is 68.1 cm³/mol. The van der Waals surface area contributed by atoms with Gasteiger partial charge in [-0.1, -0.05) is 18.2 Å². The van der Waals surface area contributed by atoms with Gasteiger partial charge in [0.1, 0.15) is 17.1 Å². The fourth-order valence-electron chi connectivity index (χ4n) is 1.52. The van der Waals surface area contributed by atoms with Gasteiger partial charge in [-0.3, -0.25) is 10.1 Å². The van der Waals surface area contributed by atoms with Gasteiger partial charge in [0.05, 0.1) is 10.3 Å². The Balaban J connectivity index is 0. The monoisotopic (exact) mass is 278 g/mol. The molecule has 18 heavy (non-hydrogen) atoms. The smallest absolute Gasteiger partial charge is 1.00 e. The summed E-state index contributed by atoms with van der Waals surface area (Å²) in [5.74, 6) is 0.0418. The van der Waals surface area contributed by atoms with E-state index in [0.717, 1.165) is 0 Å². The third-order valence-electron chi connectivity index (χ3n) is 2.19. The Kier molecular flexibility index (Phi) is 5.02. The quantitative estimate of drug-likeness (QED) is 0.369. The standard InChI is InChI=1S/C10H7NO5S.Mg.2H/c12-11(13)10-3-1-2-7-4-5-8(6-9(7)10)16-17(14)15;;;/h1-6H,(H,14,15);;;/q;+2;2*-1/p-1. The second kappa shape index (κ2) is 6.09. The van der Waals surface area contributed by atoms with Gasteiger partial charge in [-0.15, -0.1) is 0 Å². The van der Waals surface area contributed by atoms with Crippen LogP contribution in [0.25, 0.3) is 10.8 Å². The molecule has 0 saturated carbocycles. The van der Waals surface area contributed by atoms with Crippen LogP contribution in [0.3, 0.4) is 0 Å². The van der Waals surface area contributed by atoms with Gasteiger partial charge in [0.15, 0.2) is 0 Å². The first-order valence-electron chi connectivity index (χ1n) is 4.52. The average Bonchev–Trinajstić information content (AvgIpc) is 2.27. The molecule has 0 aliphatic rings. The van der Waals surface area contributed by atoms with Gasteiger partial charge < -0.3 is 11.6 Å². The number of hydrogen-bond acceptors (Lipinski definition) is 5. The molecule has 0 aliphatic carbocycles. The number of hydrogen-bond donors (Lipinski definition) is 0. The number of benzene rings is 2. The maximum Gasteiger partial charge on any atom is 2.00 e. The number of fused-ring (bicyclic) bond motifs is 1. The molecule has 6 nitrogen and oxygen atoms in total. The van der Waals surface area contributed by atoms with Crippen molar-refractivity contribution in [1.82, 2.24) is 0 Å². The summed E-state index contributed by atoms with van der Waals surface area (Å²) in [6.07, 6.45) is 0. The Morgan fingerprint density at radius 1 is 1.28 bits per heavy atom. The van der Waals surface area contributed by atoms with Gasteiger partial charge in [-0.2, -0.15) is 0 Å². The van der Waals surface area contributed by atoms with Crippen LogP contribution in [0.5, 0.6) is 5.75 Å². The summed E-state index contributed by atoms with van der Waals surface area (Å²) < 4.78 is 25.2. The zero-order chi connectivity index (χ0) is 12.4. The van der Waals surface area contributed by atoms with Gasteiger partial charge in [-0.25, -0.2) is 4.21 Å². The molecule has 2 aromatic carbocycles. The van der Waals surface area contributed by atoms with Crippen LogP contribution in [0, 0.1) is 10.1 Å². The molecule has 92 valence electrons. The fourth-order valence-corrected chi connectivity index (χ4v) is 1.79. The topological polar surface area (TPSA) is 92.5 Å². The van der Waals surface area contributed by atoms with Gasteiger partial charge in [0, 0.05) is 6.07 Å². The SMILES string of the molecule is O=[N+]([O-])c1cccc2ccc(OS(=O)[O-])cc12.[H-].[H-].[Mg+2]. The van der Waals surface area contributed by atoms with E-state index in [0.29, 0.717) is 10.8 Å². The van der Waals surface area contributed by atoms with E-state index in [2.05, 4.69) is 4.18 Å². The minimum atomic E-state index is -2.70. The normalized spacial score (nSPS) is 11.6. The third kappa shape index (κ3) is 3.16. The van der Waals surface area contributed by atoms with Crippen molar-refractivity contribution in [2.24, 2.45) is 0 Å². The van der Waals surface area contributed by atoms with Crippen LogP contribution in [0.15, 0.2) is 36.4 Å². The third-order valence-corrected chi connectivity index (χ3v) is 2.52. The van der Waals surface area contributed by atoms with Gasteiger partial charge in [0.25, 0.3) is 5.69 Å². The van der Waals surface area contributed by atoms with Crippen LogP contribution in [-0.4, -0.2) is 36.7 Å². The predicted octanol–water partition coefficient (Wildman–Crippen LogP) is 1.77. The molecule has 0 fully saturated rings. The number of rotatable bonds is 3. The zero-order valence-corrected chi connectivity index (χ0v) is 11.3. The van der Waals surface area contributed by atoms with E-state index in [1.54, 1.807) is 18.2 Å². The molecule has 0 N–H and O–H groups in total. The van der Waals surface area contributed by atoms with E-state index < -0.39 is 16.3 Å². The molecular weight excluding hydrogens is 270 g/mol. The Morgan fingerprint density at radius 2 is 2.00 bits per heavy atom. The zero-order valence-electron chi connectivity index (χ0n) is 11.1. The molecule has 0 radical (unpaired) electrons. The van der Waals surface area contributed by atoms with E-state index in [4.69, 9.17) is 0 Å². The van der Waals surface area contributed by atoms with Crippen molar-refractivity contribution >= 4 is 50.9 Å². The van der Waals surface area contributed by atoms with Crippen LogP contribution < -0.4 is 4.18 Å². The van der Waals surface area contributed by atoms with Crippen LogP contribution in [0.2, 0.25) is 0 Å². The maximum atomic E-state index is 10.8. The molecule has 0 aliphatic heterocycles. The van der Waals surface area contributed by atoms with E-state index in [1.807, 2.05) is 0 Å². The summed E-state index contributed by atoms with van der Waals surface area (Å²) in [6.45, 7) is 0. The average molecular weight is 279 g/mol. The first kappa shape index (κ1) is 14.8. The van der Waals surface area contributed by atoms with Gasteiger partial charge in [-0.05, 0) is 17.5 Å². The first-order valence-corrected chi connectivity index (χ1v) is 5.52. The van der Waals surface area contributed by atoms with Crippen molar-refractivity contribution in [3.63, 3.8) is 0 Å². The number of nitro groups is 1. The molecule has 8 heteroatoms. The second-order valence-corrected chi connectivity index (χ2v) is 3.78. The van der Waals surface area contributed by atoms with E-state index in [-0.39, 0.29) is 37.3 Å². The summed E-state index contributed by atoms with van der Waals surface area (Å²) in [7, 11) is 0. The Morgan fingerprint density at radius 3 is 2.61 bits per heavy atom. The molecule has 0 bridgehead atoms. The molecule has 0 amide bonds. The molecule has 0 saturated heterocycles. The Hall–Kier alpha value is -1.22. The van der Waals surface area contributed by atoms with Crippen LogP contribution in [-0.2, 0) is 11.4 Å². The first-order chi connectivity index (χ1) is 8.08. The van der Waals surface area contributed by atoms with Crippen molar-refractivity contribution in [2.45, 2.75) is 0 Å². The minimum Gasteiger partial charge on any atom is -1.00 e. The fraction of sp³-hybridized carbons (Fsp3) is 0. The summed E-state index contributed by atoms with van der Waals surface area (Å²) >= 11 is -2.70. The molecule has 0 spiro atoms. The molecule has 0 aromatic heterocycles. The van der Waals surface area contributed by atoms with E-state index in [9.17, 15) is 18.9 Å². The Bertz CT molecular complexity index is 628. The summed E-state index contributed by atoms with van der Waals surface area (Å²) in [6, 6.07) is 8.92. The Labute approximate surface area is 124 Å². The minimum absolute atomic E-state index is 0. The van der Waals surface area contributed by atoms with Crippen molar-refractivity contribution in [1.29, 1.82) is 0 Å².